The molecule has 0 aromatic rings. The number of hydrogen-bond acceptors (Lipinski definition) is 1. The van der Waals surface area contributed by atoms with Gasteiger partial charge >= 0.3 is 0 Å². The minimum Gasteiger partial charge on any atom is -0.371 e. The van der Waals surface area contributed by atoms with Crippen molar-refractivity contribution in [3.05, 3.63) is 12.2 Å². The molecular weight excluding hydrogens is 196 g/mol. The van der Waals surface area contributed by atoms with Crippen LogP contribution in [0.2, 0.25) is 0 Å². The molecule has 1 saturated heterocycles. The van der Waals surface area contributed by atoms with Gasteiger partial charge in [0.1, 0.15) is 0 Å². The van der Waals surface area contributed by atoms with Crippen molar-refractivity contribution in [3.8, 4) is 0 Å². The second-order valence-corrected chi connectivity index (χ2v) is 6.73. The maximum Gasteiger partial charge on any atom is 0.0662 e. The van der Waals surface area contributed by atoms with Crippen LogP contribution in [0.4, 0.5) is 0 Å². The van der Waals surface area contributed by atoms with E-state index in [1.807, 2.05) is 0 Å². The molecule has 3 fully saturated rings. The van der Waals surface area contributed by atoms with Crippen LogP contribution in [0.25, 0.3) is 0 Å². The highest BCUT2D eigenvalue weighted by Crippen LogP contribution is 2.57. The molecule has 5 atom stereocenters. The van der Waals surface area contributed by atoms with Crippen LogP contribution in [0.15, 0.2) is 12.2 Å². The van der Waals surface area contributed by atoms with Gasteiger partial charge in [0.2, 0.25) is 0 Å². The van der Waals surface area contributed by atoms with Crippen molar-refractivity contribution in [2.75, 3.05) is 0 Å². The topological polar surface area (TPSA) is 9.23 Å². The summed E-state index contributed by atoms with van der Waals surface area (Å²) in [7, 11) is 0. The van der Waals surface area contributed by atoms with E-state index in [2.05, 4.69) is 27.4 Å². The van der Waals surface area contributed by atoms with E-state index in [1.54, 1.807) is 0 Å². The Kier molecular flexibility index (Phi) is 2.27. The van der Waals surface area contributed by atoms with Crippen LogP contribution >= 0.6 is 0 Å². The van der Waals surface area contributed by atoms with Gasteiger partial charge in [-0.15, -0.1) is 0 Å². The van der Waals surface area contributed by atoms with Crippen LogP contribution in [-0.2, 0) is 4.74 Å². The van der Waals surface area contributed by atoms with Crippen LogP contribution in [0, 0.1) is 23.7 Å². The molecule has 0 unspecified atom stereocenters. The predicted molar refractivity (Wildman–Crippen MR) is 66.2 cm³/mol. The van der Waals surface area contributed by atoms with Gasteiger partial charge in [-0.25, -0.2) is 0 Å². The molecule has 1 heteroatoms. The number of rotatable bonds is 0. The van der Waals surface area contributed by atoms with Crippen molar-refractivity contribution in [3.63, 3.8) is 0 Å². The second kappa shape index (κ2) is 3.35. The molecule has 0 aromatic carbocycles. The lowest BCUT2D eigenvalue weighted by Crippen LogP contribution is -2.41. The summed E-state index contributed by atoms with van der Waals surface area (Å²) in [4.78, 5) is 0. The number of hydrogen-bond donors (Lipinski definition) is 0. The van der Waals surface area contributed by atoms with Crippen LogP contribution < -0.4 is 0 Å². The summed E-state index contributed by atoms with van der Waals surface area (Å²) in [5, 5.41) is 0. The Balaban J connectivity index is 1.97. The molecule has 2 aliphatic carbocycles. The smallest absolute Gasteiger partial charge is 0.0662 e. The molecule has 1 nitrogen and oxygen atoms in total. The lowest BCUT2D eigenvalue weighted by molar-refractivity contribution is -0.0626. The fourth-order valence-electron chi connectivity index (χ4n) is 4.56. The summed E-state index contributed by atoms with van der Waals surface area (Å²) in [6.07, 6.45) is 5.73. The second-order valence-electron chi connectivity index (χ2n) is 6.73. The van der Waals surface area contributed by atoms with Gasteiger partial charge in [-0.2, -0.15) is 0 Å². The zero-order valence-electron chi connectivity index (χ0n) is 10.8. The fourth-order valence-corrected chi connectivity index (χ4v) is 4.56. The van der Waals surface area contributed by atoms with E-state index in [-0.39, 0.29) is 5.60 Å². The molecule has 1 heterocycles. The van der Waals surface area contributed by atoms with Gasteiger partial charge in [0.25, 0.3) is 0 Å². The van der Waals surface area contributed by atoms with Crippen molar-refractivity contribution in [1.29, 1.82) is 0 Å². The quantitative estimate of drug-likeness (QED) is 0.564. The Morgan fingerprint density at radius 2 is 2.00 bits per heavy atom. The van der Waals surface area contributed by atoms with Crippen molar-refractivity contribution in [2.24, 2.45) is 23.7 Å². The maximum atomic E-state index is 6.39. The predicted octanol–water partition coefficient (Wildman–Crippen LogP) is 3.79. The summed E-state index contributed by atoms with van der Waals surface area (Å²) >= 11 is 0. The van der Waals surface area contributed by atoms with E-state index >= 15 is 0 Å². The molecule has 0 bridgehead atoms. The largest absolute Gasteiger partial charge is 0.371 e. The summed E-state index contributed by atoms with van der Waals surface area (Å²) in [6.45, 7) is 11.3. The zero-order valence-corrected chi connectivity index (χ0v) is 10.8. The van der Waals surface area contributed by atoms with Gasteiger partial charge in [0.15, 0.2) is 0 Å². The van der Waals surface area contributed by atoms with Crippen LogP contribution in [-0.4, -0.2) is 11.7 Å². The van der Waals surface area contributed by atoms with Crippen molar-refractivity contribution in [1.82, 2.24) is 0 Å². The average molecular weight is 220 g/mol. The first kappa shape index (κ1) is 10.8. The molecule has 0 radical (unpaired) electrons. The third kappa shape index (κ3) is 1.33. The van der Waals surface area contributed by atoms with Gasteiger partial charge < -0.3 is 4.74 Å². The van der Waals surface area contributed by atoms with E-state index in [0.29, 0.717) is 6.10 Å². The molecule has 16 heavy (non-hydrogen) atoms. The Hall–Kier alpha value is -0.300. The average Bonchev–Trinajstić information content (AvgIpc) is 2.49. The third-order valence-corrected chi connectivity index (χ3v) is 5.44. The molecule has 3 aliphatic rings. The van der Waals surface area contributed by atoms with Gasteiger partial charge in [0, 0.05) is 0 Å². The third-order valence-electron chi connectivity index (χ3n) is 5.44. The number of ether oxygens (including phenoxy) is 1. The highest BCUT2D eigenvalue weighted by Gasteiger charge is 2.56. The van der Waals surface area contributed by atoms with Crippen molar-refractivity contribution in [2.45, 2.75) is 58.2 Å². The van der Waals surface area contributed by atoms with Gasteiger partial charge in [-0.3, -0.25) is 0 Å². The summed E-state index contributed by atoms with van der Waals surface area (Å²) in [5.41, 5.74) is 1.62. The minimum absolute atomic E-state index is 0.104. The summed E-state index contributed by atoms with van der Waals surface area (Å²) in [5.74, 6) is 3.06. The minimum atomic E-state index is 0.104. The molecule has 2 saturated carbocycles. The Morgan fingerprint density at radius 1 is 1.25 bits per heavy atom. The molecular formula is C15H24O. The zero-order chi connectivity index (χ0) is 11.5. The van der Waals surface area contributed by atoms with Gasteiger partial charge in [-0.1, -0.05) is 19.1 Å². The highest BCUT2D eigenvalue weighted by molar-refractivity contribution is 5.16. The molecule has 0 N–H and O–H groups in total. The van der Waals surface area contributed by atoms with E-state index in [0.717, 1.165) is 23.7 Å². The van der Waals surface area contributed by atoms with Crippen LogP contribution in [0.5, 0.6) is 0 Å². The summed E-state index contributed by atoms with van der Waals surface area (Å²) in [6, 6.07) is 0. The van der Waals surface area contributed by atoms with E-state index < -0.39 is 0 Å². The van der Waals surface area contributed by atoms with Gasteiger partial charge in [0.05, 0.1) is 11.7 Å². The fraction of sp³-hybridized carbons (Fsp3) is 0.867. The SMILES string of the molecule is C=C1CC[C@H]2[C@@H]3[C@H](OC2(C)C)[C@@H](C)CC[C@H]13. The first-order valence-electron chi connectivity index (χ1n) is 6.86. The Morgan fingerprint density at radius 3 is 2.75 bits per heavy atom. The lowest BCUT2D eigenvalue weighted by Gasteiger charge is -2.44. The first-order chi connectivity index (χ1) is 7.50. The van der Waals surface area contributed by atoms with E-state index in [1.165, 1.54) is 31.3 Å². The molecule has 0 aromatic heterocycles. The molecule has 0 amide bonds. The molecule has 90 valence electrons. The van der Waals surface area contributed by atoms with Crippen molar-refractivity contribution < 1.29 is 4.74 Å². The first-order valence-corrected chi connectivity index (χ1v) is 6.86. The van der Waals surface area contributed by atoms with E-state index in [9.17, 15) is 0 Å². The van der Waals surface area contributed by atoms with Crippen LogP contribution in [0.3, 0.4) is 0 Å². The van der Waals surface area contributed by atoms with Crippen molar-refractivity contribution >= 4 is 0 Å². The van der Waals surface area contributed by atoms with E-state index in [4.69, 9.17) is 4.74 Å². The normalized spacial score (nSPS) is 50.2. The monoisotopic (exact) mass is 220 g/mol. The highest BCUT2D eigenvalue weighted by atomic mass is 16.5. The molecule has 3 rings (SSSR count). The molecule has 0 spiro atoms. The standard InChI is InChI=1S/C15H24O/c1-9-6-8-12-13-11(9)7-5-10(2)14(13)16-15(12,3)4/h10-14H,1,5-8H2,2-4H3/t10-,11+,12-,13+,14+/m0/s1. The van der Waals surface area contributed by atoms with Crippen LogP contribution in [0.1, 0.15) is 46.5 Å². The number of allylic oxidation sites excluding steroid dienone is 1. The van der Waals surface area contributed by atoms with Gasteiger partial charge in [-0.05, 0) is 63.2 Å². The maximum absolute atomic E-state index is 6.39. The Labute approximate surface area is 99.3 Å². The molecule has 1 aliphatic heterocycles. The Bertz CT molecular complexity index is 317. The lowest BCUT2D eigenvalue weighted by atomic mass is 9.59. The summed E-state index contributed by atoms with van der Waals surface area (Å²) < 4.78 is 6.39.